The van der Waals surface area contributed by atoms with Crippen LogP contribution in [0.2, 0.25) is 0 Å². The third kappa shape index (κ3) is 7.23. The highest BCUT2D eigenvalue weighted by molar-refractivity contribution is 7.80. The number of unbranched alkanes of at least 4 members (excludes halogenated alkanes) is 2. The van der Waals surface area contributed by atoms with E-state index in [9.17, 15) is 9.59 Å². The summed E-state index contributed by atoms with van der Waals surface area (Å²) in [6.45, 7) is 4.70. The fraction of sp³-hybridized carbons (Fsp3) is 0.471. The highest BCUT2D eigenvalue weighted by atomic mass is 32.1. The fourth-order valence-corrected chi connectivity index (χ4v) is 2.23. The smallest absolute Gasteiger partial charge is 0.253 e. The molecule has 0 aliphatic rings. The van der Waals surface area contributed by atoms with Crippen molar-refractivity contribution in [3.05, 3.63) is 29.8 Å². The van der Waals surface area contributed by atoms with Crippen molar-refractivity contribution in [2.45, 2.75) is 46.0 Å². The number of para-hydroxylation sites is 1. The van der Waals surface area contributed by atoms with E-state index in [-0.39, 0.29) is 16.9 Å². The van der Waals surface area contributed by atoms with E-state index in [0.717, 1.165) is 25.7 Å². The van der Waals surface area contributed by atoms with Crippen LogP contribution in [0.1, 0.15) is 56.3 Å². The maximum Gasteiger partial charge on any atom is 0.253 e. The van der Waals surface area contributed by atoms with Crippen molar-refractivity contribution in [1.29, 1.82) is 0 Å². The molecule has 126 valence electrons. The van der Waals surface area contributed by atoms with Gasteiger partial charge in [-0.1, -0.05) is 38.8 Å². The summed E-state index contributed by atoms with van der Waals surface area (Å²) in [5.41, 5.74) is 1.09. The Morgan fingerprint density at radius 1 is 1.09 bits per heavy atom. The molecule has 0 saturated heterocycles. The maximum atomic E-state index is 12.1. The molecule has 0 fully saturated rings. The van der Waals surface area contributed by atoms with E-state index < -0.39 is 0 Å². The minimum atomic E-state index is -0.160. The number of hydrogen-bond acceptors (Lipinski definition) is 3. The summed E-state index contributed by atoms with van der Waals surface area (Å²) in [5, 5.41) is 8.61. The van der Waals surface area contributed by atoms with Crippen LogP contribution in [0.15, 0.2) is 24.3 Å². The molecule has 1 aromatic rings. The van der Waals surface area contributed by atoms with Crippen LogP contribution in [0.3, 0.4) is 0 Å². The van der Waals surface area contributed by atoms with Crippen molar-refractivity contribution in [3.8, 4) is 0 Å². The van der Waals surface area contributed by atoms with Crippen LogP contribution >= 0.6 is 12.2 Å². The van der Waals surface area contributed by atoms with Crippen LogP contribution < -0.4 is 16.0 Å². The van der Waals surface area contributed by atoms with Gasteiger partial charge in [-0.25, -0.2) is 0 Å². The van der Waals surface area contributed by atoms with E-state index in [4.69, 9.17) is 12.2 Å². The highest BCUT2D eigenvalue weighted by Crippen LogP contribution is 2.14. The zero-order valence-electron chi connectivity index (χ0n) is 13.8. The van der Waals surface area contributed by atoms with E-state index >= 15 is 0 Å². The van der Waals surface area contributed by atoms with E-state index in [1.54, 1.807) is 18.2 Å². The lowest BCUT2D eigenvalue weighted by molar-refractivity contribution is -0.119. The van der Waals surface area contributed by atoms with Crippen LogP contribution in [-0.2, 0) is 4.79 Å². The van der Waals surface area contributed by atoms with Crippen LogP contribution in [0.25, 0.3) is 0 Å². The van der Waals surface area contributed by atoms with Gasteiger partial charge in [0.05, 0.1) is 11.3 Å². The number of thiocarbonyl (C=S) groups is 1. The summed E-state index contributed by atoms with van der Waals surface area (Å²) >= 11 is 5.15. The molecule has 0 aromatic heterocycles. The van der Waals surface area contributed by atoms with Gasteiger partial charge in [-0.05, 0) is 37.2 Å². The Kier molecular flexibility index (Phi) is 8.90. The lowest BCUT2D eigenvalue weighted by Crippen LogP contribution is -2.34. The minimum Gasteiger partial charge on any atom is -0.352 e. The lowest BCUT2D eigenvalue weighted by atomic mass is 10.1. The average molecular weight is 335 g/mol. The number of carbonyl (C=O) groups is 2. The van der Waals surface area contributed by atoms with Gasteiger partial charge >= 0.3 is 0 Å². The Bertz CT molecular complexity index is 546. The number of amides is 2. The molecule has 23 heavy (non-hydrogen) atoms. The normalized spacial score (nSPS) is 10.0. The third-order valence-corrected chi connectivity index (χ3v) is 3.42. The zero-order chi connectivity index (χ0) is 17.1. The number of nitrogens with one attached hydrogen (secondary N) is 3. The maximum absolute atomic E-state index is 12.1. The van der Waals surface area contributed by atoms with Crippen LogP contribution in [0.4, 0.5) is 5.69 Å². The number of carbonyl (C=O) groups excluding carboxylic acids is 2. The molecule has 0 atom stereocenters. The van der Waals surface area contributed by atoms with E-state index in [1.807, 2.05) is 13.0 Å². The van der Waals surface area contributed by atoms with E-state index in [2.05, 4.69) is 22.9 Å². The highest BCUT2D eigenvalue weighted by Gasteiger charge is 2.12. The number of benzene rings is 1. The second-order valence-electron chi connectivity index (χ2n) is 5.26. The monoisotopic (exact) mass is 335 g/mol. The first kappa shape index (κ1) is 19.1. The molecule has 0 heterocycles. The van der Waals surface area contributed by atoms with Crippen molar-refractivity contribution < 1.29 is 9.59 Å². The SMILES string of the molecule is CCCCCC(=O)NC(=S)Nc1ccccc1C(=O)NCCC. The molecule has 0 radical (unpaired) electrons. The molecular weight excluding hydrogens is 310 g/mol. The van der Waals surface area contributed by atoms with Crippen molar-refractivity contribution in [2.24, 2.45) is 0 Å². The van der Waals surface area contributed by atoms with Gasteiger partial charge in [0.25, 0.3) is 5.91 Å². The molecule has 3 N–H and O–H groups in total. The first-order chi connectivity index (χ1) is 11.1. The summed E-state index contributed by atoms with van der Waals surface area (Å²) in [4.78, 5) is 23.9. The summed E-state index contributed by atoms with van der Waals surface area (Å²) in [5.74, 6) is -0.268. The van der Waals surface area contributed by atoms with Gasteiger partial charge in [0, 0.05) is 13.0 Å². The molecule has 0 bridgehead atoms. The minimum absolute atomic E-state index is 0.108. The van der Waals surface area contributed by atoms with Gasteiger partial charge in [0.2, 0.25) is 5.91 Å². The van der Waals surface area contributed by atoms with Crippen molar-refractivity contribution >= 4 is 34.8 Å². The van der Waals surface area contributed by atoms with Gasteiger partial charge in [-0.3, -0.25) is 9.59 Å². The van der Waals surface area contributed by atoms with Gasteiger partial charge in [0.15, 0.2) is 5.11 Å². The van der Waals surface area contributed by atoms with Gasteiger partial charge < -0.3 is 16.0 Å². The number of anilines is 1. The molecule has 6 heteroatoms. The zero-order valence-corrected chi connectivity index (χ0v) is 14.6. The Balaban J connectivity index is 2.61. The molecule has 1 rings (SSSR count). The van der Waals surface area contributed by atoms with Gasteiger partial charge in [-0.2, -0.15) is 0 Å². The molecule has 0 unspecified atom stereocenters. The molecular formula is C17H25N3O2S. The average Bonchev–Trinajstić information content (AvgIpc) is 2.53. The summed E-state index contributed by atoms with van der Waals surface area (Å²) < 4.78 is 0. The molecule has 2 amide bonds. The van der Waals surface area contributed by atoms with Crippen LogP contribution in [0, 0.1) is 0 Å². The number of rotatable bonds is 8. The van der Waals surface area contributed by atoms with Crippen LogP contribution in [-0.4, -0.2) is 23.5 Å². The molecule has 5 nitrogen and oxygen atoms in total. The predicted molar refractivity (Wildman–Crippen MR) is 97.6 cm³/mol. The standard InChI is InChI=1S/C17H25N3O2S/c1-3-5-6-11-15(21)20-17(23)19-14-10-8-7-9-13(14)16(22)18-12-4-2/h7-10H,3-6,11-12H2,1-2H3,(H,18,22)(H2,19,20,21,23). The van der Waals surface area contributed by atoms with E-state index in [1.165, 1.54) is 0 Å². The summed E-state index contributed by atoms with van der Waals surface area (Å²) in [6.07, 6.45) is 4.26. The summed E-state index contributed by atoms with van der Waals surface area (Å²) in [7, 11) is 0. The number of hydrogen-bond donors (Lipinski definition) is 3. The molecule has 0 saturated carbocycles. The van der Waals surface area contributed by atoms with Crippen molar-refractivity contribution in [2.75, 3.05) is 11.9 Å². The molecule has 0 aliphatic carbocycles. The Morgan fingerprint density at radius 2 is 1.83 bits per heavy atom. The lowest BCUT2D eigenvalue weighted by Gasteiger charge is -2.13. The predicted octanol–water partition coefficient (Wildman–Crippen LogP) is 3.22. The van der Waals surface area contributed by atoms with E-state index in [0.29, 0.717) is 24.2 Å². The van der Waals surface area contributed by atoms with Gasteiger partial charge in [0.1, 0.15) is 0 Å². The fourth-order valence-electron chi connectivity index (χ4n) is 2.00. The Morgan fingerprint density at radius 3 is 2.52 bits per heavy atom. The molecule has 0 spiro atoms. The van der Waals surface area contributed by atoms with Crippen molar-refractivity contribution in [3.63, 3.8) is 0 Å². The largest absolute Gasteiger partial charge is 0.352 e. The Labute approximate surface area is 143 Å². The first-order valence-electron chi connectivity index (χ1n) is 8.06. The van der Waals surface area contributed by atoms with Crippen LogP contribution in [0.5, 0.6) is 0 Å². The third-order valence-electron chi connectivity index (χ3n) is 3.22. The van der Waals surface area contributed by atoms with Crippen molar-refractivity contribution in [1.82, 2.24) is 10.6 Å². The van der Waals surface area contributed by atoms with Gasteiger partial charge in [-0.15, -0.1) is 0 Å². The molecule has 1 aromatic carbocycles. The quantitative estimate of drug-likeness (QED) is 0.504. The molecule has 0 aliphatic heterocycles. The Hall–Kier alpha value is -1.95. The summed E-state index contributed by atoms with van der Waals surface area (Å²) in [6, 6.07) is 7.08. The first-order valence-corrected chi connectivity index (χ1v) is 8.47. The second kappa shape index (κ2) is 10.7. The topological polar surface area (TPSA) is 70.2 Å². The second-order valence-corrected chi connectivity index (χ2v) is 5.67.